The molecule has 2 rings (SSSR count). The highest BCUT2D eigenvalue weighted by Gasteiger charge is 2.20. The summed E-state index contributed by atoms with van der Waals surface area (Å²) in [5, 5.41) is 3.64. The molecule has 1 aromatic rings. The summed E-state index contributed by atoms with van der Waals surface area (Å²) in [6.45, 7) is 4.51. The van der Waals surface area contributed by atoms with Crippen molar-refractivity contribution in [1.29, 1.82) is 0 Å². The van der Waals surface area contributed by atoms with Gasteiger partial charge in [0.25, 0.3) is 0 Å². The maximum Gasteiger partial charge on any atom is 0.123 e. The molecule has 2 nitrogen and oxygen atoms in total. The van der Waals surface area contributed by atoms with Crippen molar-refractivity contribution in [2.75, 3.05) is 20.1 Å². The number of rotatable bonds is 4. The van der Waals surface area contributed by atoms with Crippen LogP contribution in [-0.4, -0.2) is 37.1 Å². The minimum atomic E-state index is -0.160. The summed E-state index contributed by atoms with van der Waals surface area (Å²) in [6, 6.07) is 7.85. The fraction of sp³-hybridized carbons (Fsp3) is 0.571. The fourth-order valence-corrected chi connectivity index (χ4v) is 2.51. The van der Waals surface area contributed by atoms with Gasteiger partial charge in [0.2, 0.25) is 0 Å². The molecule has 0 aliphatic carbocycles. The Balaban J connectivity index is 1.80. The van der Waals surface area contributed by atoms with Crippen molar-refractivity contribution >= 4 is 0 Å². The van der Waals surface area contributed by atoms with Gasteiger partial charge in [0.05, 0.1) is 0 Å². The summed E-state index contributed by atoms with van der Waals surface area (Å²) in [6.07, 6.45) is 2.19. The van der Waals surface area contributed by atoms with Crippen molar-refractivity contribution in [1.82, 2.24) is 10.2 Å². The molecule has 0 aromatic heterocycles. The predicted octanol–water partition coefficient (Wildman–Crippen LogP) is 2.05. The molecule has 0 radical (unpaired) electrons. The number of nitrogens with zero attached hydrogens (tertiary/aromatic N) is 1. The van der Waals surface area contributed by atoms with E-state index in [1.807, 2.05) is 12.1 Å². The molecule has 0 saturated carbocycles. The third-order valence-corrected chi connectivity index (χ3v) is 3.37. The third kappa shape index (κ3) is 3.79. The average molecular weight is 236 g/mol. The molecule has 0 amide bonds. The zero-order chi connectivity index (χ0) is 12.3. The standard InChI is InChI=1S/C14H21FN2/c1-11(16-14-7-8-17(2)10-14)9-12-3-5-13(15)6-4-12/h3-6,11,14,16H,7-10H2,1-2H3. The monoisotopic (exact) mass is 236 g/mol. The molecule has 2 atom stereocenters. The van der Waals surface area contributed by atoms with Crippen molar-refractivity contribution < 1.29 is 4.39 Å². The first-order valence-corrected chi connectivity index (χ1v) is 6.32. The van der Waals surface area contributed by atoms with Gasteiger partial charge in [0.1, 0.15) is 5.82 Å². The van der Waals surface area contributed by atoms with Crippen LogP contribution in [0.4, 0.5) is 4.39 Å². The van der Waals surface area contributed by atoms with E-state index in [4.69, 9.17) is 0 Å². The van der Waals surface area contributed by atoms with Crippen LogP contribution in [0.25, 0.3) is 0 Å². The van der Waals surface area contributed by atoms with Crippen LogP contribution in [0.3, 0.4) is 0 Å². The number of nitrogens with one attached hydrogen (secondary N) is 1. The maximum absolute atomic E-state index is 12.8. The lowest BCUT2D eigenvalue weighted by atomic mass is 10.1. The van der Waals surface area contributed by atoms with Crippen molar-refractivity contribution in [3.8, 4) is 0 Å². The zero-order valence-electron chi connectivity index (χ0n) is 10.6. The van der Waals surface area contributed by atoms with Crippen LogP contribution in [0.1, 0.15) is 18.9 Å². The van der Waals surface area contributed by atoms with E-state index < -0.39 is 0 Å². The van der Waals surface area contributed by atoms with Gasteiger partial charge in [0.15, 0.2) is 0 Å². The van der Waals surface area contributed by atoms with E-state index in [0.29, 0.717) is 12.1 Å². The largest absolute Gasteiger partial charge is 0.310 e. The van der Waals surface area contributed by atoms with Gasteiger partial charge in [-0.05, 0) is 51.1 Å². The first kappa shape index (κ1) is 12.5. The van der Waals surface area contributed by atoms with Crippen molar-refractivity contribution in [3.63, 3.8) is 0 Å². The number of hydrogen-bond donors (Lipinski definition) is 1. The summed E-state index contributed by atoms with van der Waals surface area (Å²) < 4.78 is 12.8. The van der Waals surface area contributed by atoms with Gasteiger partial charge in [-0.15, -0.1) is 0 Å². The second kappa shape index (κ2) is 5.61. The zero-order valence-corrected chi connectivity index (χ0v) is 10.6. The van der Waals surface area contributed by atoms with Crippen LogP contribution in [0, 0.1) is 5.82 Å². The highest BCUT2D eigenvalue weighted by molar-refractivity contribution is 5.17. The van der Waals surface area contributed by atoms with E-state index in [0.717, 1.165) is 13.0 Å². The van der Waals surface area contributed by atoms with Crippen LogP contribution in [0.15, 0.2) is 24.3 Å². The molecule has 1 saturated heterocycles. The highest BCUT2D eigenvalue weighted by atomic mass is 19.1. The molecule has 1 aromatic carbocycles. The predicted molar refractivity (Wildman–Crippen MR) is 68.6 cm³/mol. The Bertz CT molecular complexity index is 350. The molecule has 0 spiro atoms. The SMILES string of the molecule is CC(Cc1ccc(F)cc1)NC1CCN(C)C1. The Morgan fingerprint density at radius 2 is 2.12 bits per heavy atom. The summed E-state index contributed by atoms with van der Waals surface area (Å²) in [4.78, 5) is 2.35. The summed E-state index contributed by atoms with van der Waals surface area (Å²) in [5.41, 5.74) is 1.19. The van der Waals surface area contributed by atoms with Crippen molar-refractivity contribution in [2.24, 2.45) is 0 Å². The maximum atomic E-state index is 12.8. The van der Waals surface area contributed by atoms with Gasteiger partial charge in [-0.25, -0.2) is 4.39 Å². The second-order valence-electron chi connectivity index (χ2n) is 5.15. The van der Waals surface area contributed by atoms with Crippen molar-refractivity contribution in [3.05, 3.63) is 35.6 Å². The molecule has 3 heteroatoms. The van der Waals surface area contributed by atoms with E-state index in [9.17, 15) is 4.39 Å². The lowest BCUT2D eigenvalue weighted by Crippen LogP contribution is -2.39. The molecule has 17 heavy (non-hydrogen) atoms. The Hall–Kier alpha value is -0.930. The van der Waals surface area contributed by atoms with E-state index in [1.54, 1.807) is 0 Å². The molecule has 1 fully saturated rings. The number of likely N-dealkylation sites (tertiary alicyclic amines) is 1. The molecule has 1 heterocycles. The third-order valence-electron chi connectivity index (χ3n) is 3.37. The van der Waals surface area contributed by atoms with Gasteiger partial charge < -0.3 is 10.2 Å². The van der Waals surface area contributed by atoms with Gasteiger partial charge >= 0.3 is 0 Å². The van der Waals surface area contributed by atoms with Crippen LogP contribution in [0.5, 0.6) is 0 Å². The molecule has 1 aliphatic rings. The number of halogens is 1. The smallest absolute Gasteiger partial charge is 0.123 e. The van der Waals surface area contributed by atoms with Crippen molar-refractivity contribution in [2.45, 2.75) is 31.8 Å². The van der Waals surface area contributed by atoms with E-state index in [2.05, 4.69) is 24.2 Å². The molecular formula is C14H21FN2. The minimum Gasteiger partial charge on any atom is -0.310 e. The lowest BCUT2D eigenvalue weighted by molar-refractivity contribution is 0.384. The Morgan fingerprint density at radius 3 is 2.71 bits per heavy atom. The molecule has 1 aliphatic heterocycles. The summed E-state index contributed by atoms with van der Waals surface area (Å²) >= 11 is 0. The van der Waals surface area contributed by atoms with Gasteiger partial charge in [-0.2, -0.15) is 0 Å². The van der Waals surface area contributed by atoms with E-state index in [-0.39, 0.29) is 5.82 Å². The Morgan fingerprint density at radius 1 is 1.41 bits per heavy atom. The van der Waals surface area contributed by atoms with E-state index >= 15 is 0 Å². The van der Waals surface area contributed by atoms with Crippen LogP contribution < -0.4 is 5.32 Å². The molecule has 2 unspecified atom stereocenters. The van der Waals surface area contributed by atoms with Gasteiger partial charge in [-0.3, -0.25) is 0 Å². The quantitative estimate of drug-likeness (QED) is 0.860. The van der Waals surface area contributed by atoms with Gasteiger partial charge in [0, 0.05) is 18.6 Å². The molecule has 0 bridgehead atoms. The van der Waals surface area contributed by atoms with E-state index in [1.165, 1.54) is 30.7 Å². The number of hydrogen-bond acceptors (Lipinski definition) is 2. The summed E-state index contributed by atoms with van der Waals surface area (Å²) in [5.74, 6) is -0.160. The minimum absolute atomic E-state index is 0.160. The fourth-order valence-electron chi connectivity index (χ4n) is 2.51. The lowest BCUT2D eigenvalue weighted by Gasteiger charge is -2.19. The van der Waals surface area contributed by atoms with Gasteiger partial charge in [-0.1, -0.05) is 12.1 Å². The molecule has 94 valence electrons. The topological polar surface area (TPSA) is 15.3 Å². The Labute approximate surface area is 103 Å². The normalized spacial score (nSPS) is 22.9. The highest BCUT2D eigenvalue weighted by Crippen LogP contribution is 2.10. The molecule has 1 N–H and O–H groups in total. The number of likely N-dealkylation sites (N-methyl/N-ethyl adjacent to an activating group) is 1. The first-order valence-electron chi connectivity index (χ1n) is 6.32. The first-order chi connectivity index (χ1) is 8.13. The summed E-state index contributed by atoms with van der Waals surface area (Å²) in [7, 11) is 2.16. The number of benzene rings is 1. The Kier molecular flexibility index (Phi) is 4.13. The van der Waals surface area contributed by atoms with Crippen LogP contribution >= 0.6 is 0 Å². The molecular weight excluding hydrogens is 215 g/mol. The average Bonchev–Trinajstić information content (AvgIpc) is 2.67. The van der Waals surface area contributed by atoms with Crippen LogP contribution in [-0.2, 0) is 6.42 Å². The van der Waals surface area contributed by atoms with Crippen LogP contribution in [0.2, 0.25) is 0 Å². The second-order valence-corrected chi connectivity index (χ2v) is 5.15.